The number of nitro benzene ring substituents is 1. The summed E-state index contributed by atoms with van der Waals surface area (Å²) in [5, 5.41) is 13.0. The number of nitrogens with zero attached hydrogens (tertiary/aromatic N) is 3. The molecule has 9 nitrogen and oxygen atoms in total. The molecule has 2 heterocycles. The second-order valence-corrected chi connectivity index (χ2v) is 9.31. The number of hydroxylamine groups is 1. The summed E-state index contributed by atoms with van der Waals surface area (Å²) < 4.78 is 5.35. The molecule has 0 aromatic heterocycles. The molecule has 0 spiro atoms. The molecule has 2 aliphatic heterocycles. The van der Waals surface area contributed by atoms with E-state index in [2.05, 4.69) is 0 Å². The number of rotatable bonds is 6. The first-order valence-electron chi connectivity index (χ1n) is 12.3. The Kier molecular flexibility index (Phi) is 5.85. The first-order valence-corrected chi connectivity index (χ1v) is 12.3. The van der Waals surface area contributed by atoms with E-state index in [1.54, 1.807) is 66.8 Å². The van der Waals surface area contributed by atoms with Crippen molar-refractivity contribution in [3.63, 3.8) is 0 Å². The second-order valence-electron chi connectivity index (χ2n) is 9.31. The molecule has 194 valence electrons. The normalized spacial score (nSPS) is 22.2. The minimum atomic E-state index is -1.55. The molecule has 2 fully saturated rings. The Bertz CT molecular complexity index is 1540. The van der Waals surface area contributed by atoms with Crippen LogP contribution in [0.25, 0.3) is 0 Å². The number of methoxy groups -OCH3 is 1. The number of imide groups is 1. The third-order valence-electron chi connectivity index (χ3n) is 7.31. The number of nitro groups is 1. The zero-order chi connectivity index (χ0) is 27.1. The van der Waals surface area contributed by atoms with Gasteiger partial charge < -0.3 is 4.74 Å². The number of amides is 2. The molecule has 4 aromatic rings. The van der Waals surface area contributed by atoms with Gasteiger partial charge in [0.1, 0.15) is 17.2 Å². The summed E-state index contributed by atoms with van der Waals surface area (Å²) in [6.07, 6.45) is -1.22. The zero-order valence-electron chi connectivity index (χ0n) is 20.8. The van der Waals surface area contributed by atoms with E-state index in [1.165, 1.54) is 12.1 Å². The maximum absolute atomic E-state index is 14.7. The van der Waals surface area contributed by atoms with Crippen LogP contribution in [0.3, 0.4) is 0 Å². The topological polar surface area (TPSA) is 102 Å². The minimum Gasteiger partial charge on any atom is -0.497 e. The molecule has 0 aliphatic carbocycles. The number of fused-ring (bicyclic) bond motifs is 1. The second kappa shape index (κ2) is 9.38. The molecule has 2 saturated heterocycles. The number of hydrogen-bond donors (Lipinski definition) is 0. The molecule has 4 aromatic carbocycles. The van der Waals surface area contributed by atoms with Gasteiger partial charge in [0, 0.05) is 12.1 Å². The quantitative estimate of drug-likeness (QED) is 0.200. The fraction of sp³-hybridized carbons (Fsp3) is 0.133. The van der Waals surface area contributed by atoms with E-state index in [-0.39, 0.29) is 5.69 Å². The number of benzene rings is 4. The summed E-state index contributed by atoms with van der Waals surface area (Å²) in [7, 11) is 1.56. The molecule has 0 unspecified atom stereocenters. The van der Waals surface area contributed by atoms with Crippen molar-refractivity contribution in [1.29, 1.82) is 0 Å². The molecule has 0 bridgehead atoms. The number of hydrogen-bond acceptors (Lipinski definition) is 7. The van der Waals surface area contributed by atoms with Gasteiger partial charge in [0.05, 0.1) is 23.4 Å². The van der Waals surface area contributed by atoms with Gasteiger partial charge in [-0.05, 0) is 47.5 Å². The average molecular weight is 522 g/mol. The summed E-state index contributed by atoms with van der Waals surface area (Å²) in [5.74, 6) is -0.358. The van der Waals surface area contributed by atoms with Crippen molar-refractivity contribution in [3.8, 4) is 5.75 Å². The van der Waals surface area contributed by atoms with Crippen molar-refractivity contribution in [3.05, 3.63) is 130 Å². The Labute approximate surface area is 223 Å². The number of non-ortho nitro benzene ring substituents is 1. The maximum Gasteiger partial charge on any atom is 0.269 e. The first kappa shape index (κ1) is 24.3. The smallest absolute Gasteiger partial charge is 0.269 e. The van der Waals surface area contributed by atoms with Crippen LogP contribution >= 0.6 is 0 Å². The molecule has 9 heteroatoms. The Hall–Kier alpha value is -5.02. The van der Waals surface area contributed by atoms with Gasteiger partial charge in [-0.2, -0.15) is 0 Å². The molecule has 6 rings (SSSR count). The average Bonchev–Trinajstić information content (AvgIpc) is 3.45. The van der Waals surface area contributed by atoms with Gasteiger partial charge in [0.25, 0.3) is 11.6 Å². The highest BCUT2D eigenvalue weighted by molar-refractivity contribution is 6.28. The van der Waals surface area contributed by atoms with Crippen molar-refractivity contribution in [1.82, 2.24) is 0 Å². The van der Waals surface area contributed by atoms with Crippen molar-refractivity contribution in [2.45, 2.75) is 17.6 Å². The summed E-state index contributed by atoms with van der Waals surface area (Å²) >= 11 is 0. The predicted octanol–water partition coefficient (Wildman–Crippen LogP) is 4.98. The number of ether oxygens (including phenoxy) is 1. The fourth-order valence-corrected chi connectivity index (χ4v) is 5.54. The van der Waals surface area contributed by atoms with Crippen molar-refractivity contribution in [2.24, 2.45) is 0 Å². The number of anilines is 2. The molecule has 39 heavy (non-hydrogen) atoms. The van der Waals surface area contributed by atoms with E-state index < -0.39 is 34.3 Å². The molecule has 2 amide bonds. The van der Waals surface area contributed by atoms with E-state index in [9.17, 15) is 19.7 Å². The van der Waals surface area contributed by atoms with Crippen LogP contribution in [0.15, 0.2) is 109 Å². The van der Waals surface area contributed by atoms with Gasteiger partial charge >= 0.3 is 0 Å². The van der Waals surface area contributed by atoms with Crippen LogP contribution in [0.4, 0.5) is 17.1 Å². The van der Waals surface area contributed by atoms with Gasteiger partial charge in [0.15, 0.2) is 6.10 Å². The van der Waals surface area contributed by atoms with E-state index in [0.717, 1.165) is 4.90 Å². The number of para-hydroxylation sites is 2. The monoisotopic (exact) mass is 521 g/mol. The summed E-state index contributed by atoms with van der Waals surface area (Å²) in [5.41, 5.74) is 0.549. The largest absolute Gasteiger partial charge is 0.497 e. The maximum atomic E-state index is 14.7. The van der Waals surface area contributed by atoms with Crippen LogP contribution in [-0.4, -0.2) is 30.0 Å². The lowest BCUT2D eigenvalue weighted by Crippen LogP contribution is -2.46. The molecule has 0 radical (unpaired) electrons. The van der Waals surface area contributed by atoms with Crippen molar-refractivity contribution >= 4 is 28.9 Å². The highest BCUT2D eigenvalue weighted by Gasteiger charge is 2.72. The predicted molar refractivity (Wildman–Crippen MR) is 143 cm³/mol. The lowest BCUT2D eigenvalue weighted by molar-refractivity contribution is -0.384. The van der Waals surface area contributed by atoms with Crippen molar-refractivity contribution in [2.75, 3.05) is 17.1 Å². The Morgan fingerprint density at radius 1 is 0.821 bits per heavy atom. The van der Waals surface area contributed by atoms with E-state index >= 15 is 0 Å². The van der Waals surface area contributed by atoms with Crippen LogP contribution in [0.1, 0.15) is 17.2 Å². The van der Waals surface area contributed by atoms with E-state index in [1.807, 2.05) is 42.5 Å². The van der Waals surface area contributed by atoms with Crippen molar-refractivity contribution < 1.29 is 24.1 Å². The third kappa shape index (κ3) is 3.66. The van der Waals surface area contributed by atoms with Crippen LogP contribution in [-0.2, 0) is 19.8 Å². The zero-order valence-corrected chi connectivity index (χ0v) is 20.8. The third-order valence-corrected chi connectivity index (χ3v) is 7.31. The molecule has 2 aliphatic rings. The summed E-state index contributed by atoms with van der Waals surface area (Å²) in [4.78, 5) is 47.2. The molecular weight excluding hydrogens is 498 g/mol. The van der Waals surface area contributed by atoms with Crippen LogP contribution < -0.4 is 14.7 Å². The van der Waals surface area contributed by atoms with Gasteiger partial charge in [0.2, 0.25) is 5.91 Å². The van der Waals surface area contributed by atoms with Gasteiger partial charge in [-0.15, -0.1) is 0 Å². The lowest BCUT2D eigenvalue weighted by atomic mass is 9.69. The Morgan fingerprint density at radius 2 is 1.41 bits per heavy atom. The molecule has 0 N–H and O–H groups in total. The van der Waals surface area contributed by atoms with Crippen LogP contribution in [0, 0.1) is 10.1 Å². The summed E-state index contributed by atoms with van der Waals surface area (Å²) in [6, 6.07) is 30.1. The fourth-order valence-electron chi connectivity index (χ4n) is 5.54. The van der Waals surface area contributed by atoms with Gasteiger partial charge in [-0.1, -0.05) is 60.7 Å². The number of carbonyl (C=O) groups excluding carboxylic acids is 2. The SMILES string of the molecule is COc1ccc([C@H]2N(c3ccccc3)O[C@H]3C(=O)N(c4ccccc4)C(=O)[C@]32c2ccc([N+](=O)[O-])cc2)cc1. The molecule has 0 saturated carbocycles. The van der Waals surface area contributed by atoms with Crippen LogP contribution in [0.5, 0.6) is 5.75 Å². The molecular formula is C30H23N3O6. The standard InChI is InChI=1S/C30H23N3O6/c1-38-25-18-12-20(13-19-25)26-30(21-14-16-24(17-15-21)33(36)37)27(39-32(26)23-10-6-3-7-11-23)28(34)31(29(30)35)22-8-4-2-5-9-22/h2-19,26-27H,1H3/t26-,27+,30+/m1/s1. The Balaban J connectivity index is 1.62. The van der Waals surface area contributed by atoms with E-state index in [4.69, 9.17) is 9.57 Å². The minimum absolute atomic E-state index is 0.122. The lowest BCUT2D eigenvalue weighted by Gasteiger charge is -2.35. The Morgan fingerprint density at radius 3 is 1.97 bits per heavy atom. The van der Waals surface area contributed by atoms with Crippen LogP contribution in [0.2, 0.25) is 0 Å². The first-order chi connectivity index (χ1) is 19.0. The summed E-state index contributed by atoms with van der Waals surface area (Å²) in [6.45, 7) is 0. The van der Waals surface area contributed by atoms with Gasteiger partial charge in [-0.3, -0.25) is 24.5 Å². The van der Waals surface area contributed by atoms with Gasteiger partial charge in [-0.25, -0.2) is 9.96 Å². The van der Waals surface area contributed by atoms with E-state index in [0.29, 0.717) is 28.3 Å². The highest BCUT2D eigenvalue weighted by atomic mass is 16.7. The molecule has 3 atom stereocenters. The highest BCUT2D eigenvalue weighted by Crippen LogP contribution is 2.57. The number of carbonyl (C=O) groups is 2.